The smallest absolute Gasteiger partial charge is 0.245 e. The van der Waals surface area contributed by atoms with E-state index in [-0.39, 0.29) is 11.9 Å². The Morgan fingerprint density at radius 3 is 3.00 bits per heavy atom. The molecule has 0 radical (unpaired) electrons. The number of rotatable bonds is 4. The summed E-state index contributed by atoms with van der Waals surface area (Å²) in [6.07, 6.45) is 0.770. The van der Waals surface area contributed by atoms with Gasteiger partial charge in [0, 0.05) is 32.8 Å². The lowest BCUT2D eigenvalue weighted by molar-refractivity contribution is -0.131. The van der Waals surface area contributed by atoms with Crippen LogP contribution >= 0.6 is 0 Å². The summed E-state index contributed by atoms with van der Waals surface area (Å²) in [5.74, 6) is 0.123. The van der Waals surface area contributed by atoms with Crippen LogP contribution in [0.25, 0.3) is 0 Å². The van der Waals surface area contributed by atoms with E-state index in [1.54, 1.807) is 12.0 Å². The number of anilines is 1. The van der Waals surface area contributed by atoms with E-state index in [4.69, 9.17) is 4.74 Å². The zero-order valence-corrected chi connectivity index (χ0v) is 10.3. The van der Waals surface area contributed by atoms with Crippen LogP contribution in [-0.2, 0) is 16.0 Å². The third kappa shape index (κ3) is 2.58. The lowest BCUT2D eigenvalue weighted by atomic mass is 10.1. The van der Waals surface area contributed by atoms with Gasteiger partial charge in [0.15, 0.2) is 0 Å². The Balaban J connectivity index is 1.96. The number of ether oxygens (including phenoxy) is 1. The van der Waals surface area contributed by atoms with E-state index in [2.05, 4.69) is 11.4 Å². The van der Waals surface area contributed by atoms with Crippen LogP contribution in [0.5, 0.6) is 0 Å². The summed E-state index contributed by atoms with van der Waals surface area (Å²) in [5.41, 5.74) is 2.29. The Bertz CT molecular complexity index is 381. The second kappa shape index (κ2) is 5.19. The first-order valence-corrected chi connectivity index (χ1v) is 5.80. The molecule has 17 heavy (non-hydrogen) atoms. The van der Waals surface area contributed by atoms with Gasteiger partial charge >= 0.3 is 0 Å². The molecule has 1 aromatic carbocycles. The Morgan fingerprint density at radius 1 is 1.53 bits per heavy atom. The van der Waals surface area contributed by atoms with E-state index in [9.17, 15) is 4.79 Å². The Morgan fingerprint density at radius 2 is 2.29 bits per heavy atom. The average molecular weight is 234 g/mol. The minimum atomic E-state index is -0.130. The summed E-state index contributed by atoms with van der Waals surface area (Å²) in [5, 5.41) is 3.26. The van der Waals surface area contributed by atoms with Gasteiger partial charge in [0.25, 0.3) is 0 Å². The Kier molecular flexibility index (Phi) is 3.64. The molecule has 2 rings (SSSR count). The first-order valence-electron chi connectivity index (χ1n) is 5.80. The van der Waals surface area contributed by atoms with Crippen molar-refractivity contribution in [2.75, 3.05) is 32.6 Å². The molecule has 0 saturated heterocycles. The van der Waals surface area contributed by atoms with E-state index < -0.39 is 0 Å². The van der Waals surface area contributed by atoms with Gasteiger partial charge in [0.05, 0.1) is 6.61 Å². The molecule has 1 unspecified atom stereocenters. The van der Waals surface area contributed by atoms with Crippen molar-refractivity contribution in [1.82, 2.24) is 4.90 Å². The predicted molar refractivity (Wildman–Crippen MR) is 67.1 cm³/mol. The third-order valence-electron chi connectivity index (χ3n) is 3.08. The fourth-order valence-corrected chi connectivity index (χ4v) is 2.05. The summed E-state index contributed by atoms with van der Waals surface area (Å²) in [7, 11) is 3.45. The van der Waals surface area contributed by atoms with Gasteiger partial charge in [0.1, 0.15) is 6.04 Å². The number of hydrogen-bond donors (Lipinski definition) is 1. The number of hydrogen-bond acceptors (Lipinski definition) is 3. The topological polar surface area (TPSA) is 41.6 Å². The van der Waals surface area contributed by atoms with Gasteiger partial charge in [-0.05, 0) is 11.6 Å². The maximum Gasteiger partial charge on any atom is 0.245 e. The highest BCUT2D eigenvalue weighted by Gasteiger charge is 2.28. The minimum absolute atomic E-state index is 0.123. The van der Waals surface area contributed by atoms with Gasteiger partial charge in [-0.1, -0.05) is 18.2 Å². The standard InChI is InChI=1S/C13H18N2O2/c1-15(7-8-17-2)13(16)12-9-10-5-3-4-6-11(10)14-12/h3-6,12,14H,7-9H2,1-2H3. The van der Waals surface area contributed by atoms with Crippen molar-refractivity contribution in [3.8, 4) is 0 Å². The normalized spacial score (nSPS) is 17.4. The van der Waals surface area contributed by atoms with Crippen molar-refractivity contribution in [3.05, 3.63) is 29.8 Å². The largest absolute Gasteiger partial charge is 0.383 e. The molecular formula is C13H18N2O2. The van der Waals surface area contributed by atoms with Crippen LogP contribution in [0.2, 0.25) is 0 Å². The molecule has 0 aromatic heterocycles. The molecule has 1 aliphatic rings. The van der Waals surface area contributed by atoms with Crippen molar-refractivity contribution < 1.29 is 9.53 Å². The molecule has 92 valence electrons. The highest BCUT2D eigenvalue weighted by molar-refractivity contribution is 5.87. The number of nitrogens with one attached hydrogen (secondary N) is 1. The first kappa shape index (κ1) is 11.9. The molecule has 1 aromatic rings. The van der Waals surface area contributed by atoms with Gasteiger partial charge in [0.2, 0.25) is 5.91 Å². The summed E-state index contributed by atoms with van der Waals surface area (Å²) < 4.78 is 4.97. The summed E-state index contributed by atoms with van der Waals surface area (Å²) in [4.78, 5) is 13.8. The number of para-hydroxylation sites is 1. The van der Waals surface area contributed by atoms with Crippen LogP contribution in [-0.4, -0.2) is 44.2 Å². The van der Waals surface area contributed by atoms with Gasteiger partial charge in [-0.3, -0.25) is 4.79 Å². The Hall–Kier alpha value is -1.55. The van der Waals surface area contributed by atoms with Gasteiger partial charge in [-0.25, -0.2) is 0 Å². The van der Waals surface area contributed by atoms with E-state index >= 15 is 0 Å². The first-order chi connectivity index (χ1) is 8.22. The number of amides is 1. The molecule has 4 heteroatoms. The second-order valence-electron chi connectivity index (χ2n) is 4.31. The van der Waals surface area contributed by atoms with Crippen LogP contribution in [0, 0.1) is 0 Å². The van der Waals surface area contributed by atoms with E-state index in [1.165, 1.54) is 5.56 Å². The van der Waals surface area contributed by atoms with Crippen molar-refractivity contribution in [1.29, 1.82) is 0 Å². The number of methoxy groups -OCH3 is 1. The second-order valence-corrected chi connectivity index (χ2v) is 4.31. The number of fused-ring (bicyclic) bond motifs is 1. The number of carbonyl (C=O) groups excluding carboxylic acids is 1. The Labute approximate surface area is 102 Å². The van der Waals surface area contributed by atoms with Crippen LogP contribution in [0.4, 0.5) is 5.69 Å². The van der Waals surface area contributed by atoms with Gasteiger partial charge < -0.3 is 15.0 Å². The van der Waals surface area contributed by atoms with Crippen molar-refractivity contribution in [3.63, 3.8) is 0 Å². The highest BCUT2D eigenvalue weighted by atomic mass is 16.5. The maximum atomic E-state index is 12.1. The van der Waals surface area contributed by atoms with Gasteiger partial charge in [-0.15, -0.1) is 0 Å². The maximum absolute atomic E-state index is 12.1. The monoisotopic (exact) mass is 234 g/mol. The molecule has 0 bridgehead atoms. The fraction of sp³-hybridized carbons (Fsp3) is 0.462. The number of nitrogens with zero attached hydrogens (tertiary/aromatic N) is 1. The van der Waals surface area contributed by atoms with Crippen molar-refractivity contribution in [2.24, 2.45) is 0 Å². The third-order valence-corrected chi connectivity index (χ3v) is 3.08. The molecule has 0 aliphatic carbocycles. The van der Waals surface area contributed by atoms with Crippen LogP contribution in [0.1, 0.15) is 5.56 Å². The van der Waals surface area contributed by atoms with Crippen LogP contribution in [0.3, 0.4) is 0 Å². The fourth-order valence-electron chi connectivity index (χ4n) is 2.05. The minimum Gasteiger partial charge on any atom is -0.383 e. The zero-order valence-electron chi connectivity index (χ0n) is 10.3. The van der Waals surface area contributed by atoms with E-state index in [1.807, 2.05) is 25.2 Å². The molecule has 1 amide bonds. The average Bonchev–Trinajstić information content (AvgIpc) is 2.78. The lowest BCUT2D eigenvalue weighted by Crippen LogP contribution is -2.41. The SMILES string of the molecule is COCCN(C)C(=O)C1Cc2ccccc2N1. The molecule has 4 nitrogen and oxygen atoms in total. The summed E-state index contributed by atoms with van der Waals surface area (Å²) >= 11 is 0. The molecule has 1 heterocycles. The summed E-state index contributed by atoms with van der Waals surface area (Å²) in [6, 6.07) is 7.92. The number of benzene rings is 1. The van der Waals surface area contributed by atoms with Crippen molar-refractivity contribution >= 4 is 11.6 Å². The van der Waals surface area contributed by atoms with Crippen LogP contribution < -0.4 is 5.32 Å². The highest BCUT2D eigenvalue weighted by Crippen LogP contribution is 2.25. The number of likely N-dealkylation sites (N-methyl/N-ethyl adjacent to an activating group) is 1. The predicted octanol–water partition coefficient (Wildman–Crippen LogP) is 1.13. The van der Waals surface area contributed by atoms with E-state index in [0.29, 0.717) is 13.2 Å². The number of carbonyl (C=O) groups is 1. The van der Waals surface area contributed by atoms with E-state index in [0.717, 1.165) is 12.1 Å². The molecule has 0 spiro atoms. The molecular weight excluding hydrogens is 216 g/mol. The molecule has 1 aliphatic heterocycles. The van der Waals surface area contributed by atoms with Gasteiger partial charge in [-0.2, -0.15) is 0 Å². The molecule has 0 saturated carbocycles. The van der Waals surface area contributed by atoms with Crippen molar-refractivity contribution in [2.45, 2.75) is 12.5 Å². The zero-order chi connectivity index (χ0) is 12.3. The lowest BCUT2D eigenvalue weighted by Gasteiger charge is -2.21. The van der Waals surface area contributed by atoms with Crippen LogP contribution in [0.15, 0.2) is 24.3 Å². The summed E-state index contributed by atoms with van der Waals surface area (Å²) in [6.45, 7) is 1.20. The molecule has 1 N–H and O–H groups in total. The quantitative estimate of drug-likeness (QED) is 0.849. The molecule has 0 fully saturated rings. The molecule has 1 atom stereocenters.